The Labute approximate surface area is 319 Å². The van der Waals surface area contributed by atoms with Crippen molar-refractivity contribution < 1.29 is 0 Å². The van der Waals surface area contributed by atoms with E-state index >= 15 is 0 Å². The van der Waals surface area contributed by atoms with Crippen LogP contribution < -0.4 is 4.90 Å². The van der Waals surface area contributed by atoms with Crippen LogP contribution in [0.1, 0.15) is 0 Å². The van der Waals surface area contributed by atoms with E-state index in [1.165, 1.54) is 22.3 Å². The molecule has 0 atom stereocenters. The third kappa shape index (κ3) is 6.55. The smallest absolute Gasteiger partial charge is 0.124 e. The monoisotopic (exact) mass is 714 g/mol. The number of rotatable bonds is 8. The van der Waals surface area contributed by atoms with Crippen LogP contribution in [-0.4, -0.2) is 4.98 Å². The van der Waals surface area contributed by atoms with Gasteiger partial charge < -0.3 is 4.90 Å². The molecule has 0 unspecified atom stereocenters. The van der Waals surface area contributed by atoms with Crippen LogP contribution >= 0.6 is 24.0 Å². The summed E-state index contributed by atoms with van der Waals surface area (Å²) < 4.78 is 1.15. The van der Waals surface area contributed by atoms with Crippen molar-refractivity contribution in [3.8, 4) is 55.1 Å². The minimum atomic E-state index is 0.911. The van der Waals surface area contributed by atoms with Crippen molar-refractivity contribution in [1.82, 2.24) is 4.98 Å². The zero-order valence-electron chi connectivity index (χ0n) is 28.8. The van der Waals surface area contributed by atoms with Crippen LogP contribution in [0.4, 0.5) is 17.1 Å². The van der Waals surface area contributed by atoms with Gasteiger partial charge in [-0.1, -0.05) is 158 Å². The molecule has 53 heavy (non-hydrogen) atoms. The van der Waals surface area contributed by atoms with Crippen molar-refractivity contribution in [3.63, 3.8) is 0 Å². The minimum absolute atomic E-state index is 0.911. The Morgan fingerprint density at radius 1 is 0.396 bits per heavy atom. The number of aromatic nitrogens is 1. The highest BCUT2D eigenvalue weighted by Crippen LogP contribution is 2.44. The molecule has 1 aromatic heterocycles. The molecule has 4 heteroatoms. The standard InChI is InChI=1S/C49H34N2S2/c52-47-33-45-48(53-49(50-45)38-18-8-3-9-19-38)32-44(47)43-22-11-10-20-41(43)37-26-30-40(31-27-37)51(39-28-24-35(25-29-39)34-14-4-1-5-15-34)46-23-13-12-21-42(46)36-16-6-2-7-17-36/h1-33,52H. The lowest BCUT2D eigenvalue weighted by Gasteiger charge is -2.28. The van der Waals surface area contributed by atoms with E-state index in [1.54, 1.807) is 11.3 Å². The number of anilines is 3. The van der Waals surface area contributed by atoms with Crippen molar-refractivity contribution >= 4 is 51.2 Å². The number of hydrogen-bond donors (Lipinski definition) is 1. The molecule has 0 spiro atoms. The number of hydrogen-bond acceptors (Lipinski definition) is 4. The maximum absolute atomic E-state index is 4.99. The van der Waals surface area contributed by atoms with Crippen LogP contribution in [0.15, 0.2) is 205 Å². The van der Waals surface area contributed by atoms with Crippen molar-refractivity contribution in [2.45, 2.75) is 4.90 Å². The third-order valence-corrected chi connectivity index (χ3v) is 11.1. The lowest BCUT2D eigenvalue weighted by atomic mass is 9.94. The summed E-state index contributed by atoms with van der Waals surface area (Å²) in [5.41, 5.74) is 14.7. The maximum Gasteiger partial charge on any atom is 0.124 e. The highest BCUT2D eigenvalue weighted by atomic mass is 32.1. The van der Waals surface area contributed by atoms with Gasteiger partial charge in [-0.05, 0) is 81.4 Å². The van der Waals surface area contributed by atoms with Gasteiger partial charge in [-0.25, -0.2) is 4.98 Å². The molecule has 0 saturated heterocycles. The average molecular weight is 715 g/mol. The molecule has 1 heterocycles. The fraction of sp³-hybridized carbons (Fsp3) is 0. The molecule has 0 aliphatic heterocycles. The SMILES string of the molecule is Sc1cc2nc(-c3ccccc3)sc2cc1-c1ccccc1-c1ccc(N(c2ccc(-c3ccccc3)cc2)c2ccccc2-c2ccccc2)cc1. The number of benzene rings is 8. The number of thiol groups is 1. The van der Waals surface area contributed by atoms with Crippen molar-refractivity contribution in [2.75, 3.05) is 4.90 Å². The van der Waals surface area contributed by atoms with Crippen LogP contribution in [-0.2, 0) is 0 Å². The van der Waals surface area contributed by atoms with Gasteiger partial charge in [-0.3, -0.25) is 0 Å². The van der Waals surface area contributed by atoms with E-state index in [0.29, 0.717) is 0 Å². The highest BCUT2D eigenvalue weighted by Gasteiger charge is 2.19. The summed E-state index contributed by atoms with van der Waals surface area (Å²) in [6, 6.07) is 71.0. The number of nitrogens with zero attached hydrogens (tertiary/aromatic N) is 2. The molecule has 252 valence electrons. The maximum atomic E-state index is 4.99. The largest absolute Gasteiger partial charge is 0.310 e. The first-order valence-electron chi connectivity index (χ1n) is 17.7. The van der Waals surface area contributed by atoms with Crippen LogP contribution in [0.2, 0.25) is 0 Å². The summed E-state index contributed by atoms with van der Waals surface area (Å²) in [6.45, 7) is 0. The first-order chi connectivity index (χ1) is 26.2. The van der Waals surface area contributed by atoms with E-state index in [4.69, 9.17) is 17.6 Å². The van der Waals surface area contributed by atoms with E-state index in [-0.39, 0.29) is 0 Å². The van der Waals surface area contributed by atoms with E-state index in [2.05, 4.69) is 199 Å². The zero-order chi connectivity index (χ0) is 35.6. The van der Waals surface area contributed by atoms with Gasteiger partial charge in [0, 0.05) is 27.4 Å². The average Bonchev–Trinajstić information content (AvgIpc) is 3.65. The van der Waals surface area contributed by atoms with Gasteiger partial charge in [-0.2, -0.15) is 0 Å². The van der Waals surface area contributed by atoms with Gasteiger partial charge in [-0.15, -0.1) is 24.0 Å². The summed E-state index contributed by atoms with van der Waals surface area (Å²) in [6.07, 6.45) is 0. The molecule has 0 saturated carbocycles. The second-order valence-corrected chi connectivity index (χ2v) is 14.5. The Morgan fingerprint density at radius 3 is 1.51 bits per heavy atom. The Bertz CT molecular complexity index is 2650. The molecule has 9 rings (SSSR count). The molecule has 0 amide bonds. The normalized spacial score (nSPS) is 11.1. The van der Waals surface area contributed by atoms with Crippen molar-refractivity contribution in [1.29, 1.82) is 0 Å². The molecule has 0 bridgehead atoms. The molecule has 2 nitrogen and oxygen atoms in total. The first-order valence-corrected chi connectivity index (χ1v) is 18.9. The highest BCUT2D eigenvalue weighted by molar-refractivity contribution is 7.80. The second kappa shape index (κ2) is 14.4. The summed E-state index contributed by atoms with van der Waals surface area (Å²) in [7, 11) is 0. The van der Waals surface area contributed by atoms with Gasteiger partial charge >= 0.3 is 0 Å². The number of fused-ring (bicyclic) bond motifs is 1. The van der Waals surface area contributed by atoms with E-state index in [1.807, 2.05) is 6.07 Å². The predicted molar refractivity (Wildman–Crippen MR) is 229 cm³/mol. The molecule has 9 aromatic rings. The molecule has 0 fully saturated rings. The van der Waals surface area contributed by atoms with E-state index in [9.17, 15) is 0 Å². The fourth-order valence-electron chi connectivity index (χ4n) is 7.03. The summed E-state index contributed by atoms with van der Waals surface area (Å²) in [5, 5.41) is 1.02. The first kappa shape index (κ1) is 32.7. The molecule has 0 radical (unpaired) electrons. The van der Waals surface area contributed by atoms with E-state index < -0.39 is 0 Å². The van der Waals surface area contributed by atoms with Crippen LogP contribution in [0.3, 0.4) is 0 Å². The molecule has 8 aromatic carbocycles. The molecule has 0 aliphatic rings. The van der Waals surface area contributed by atoms with Crippen LogP contribution in [0, 0.1) is 0 Å². The molecular formula is C49H34N2S2. The second-order valence-electron chi connectivity index (χ2n) is 12.9. The topological polar surface area (TPSA) is 16.1 Å². The van der Waals surface area contributed by atoms with Crippen LogP contribution in [0.5, 0.6) is 0 Å². The lowest BCUT2D eigenvalue weighted by Crippen LogP contribution is -2.11. The molecule has 0 aliphatic carbocycles. The van der Waals surface area contributed by atoms with Crippen molar-refractivity contribution in [2.24, 2.45) is 0 Å². The lowest BCUT2D eigenvalue weighted by molar-refractivity contribution is 1.28. The Balaban J connectivity index is 1.12. The van der Waals surface area contributed by atoms with E-state index in [0.717, 1.165) is 65.0 Å². The number of para-hydroxylation sites is 1. The predicted octanol–water partition coefficient (Wildman–Crippen LogP) is 14.4. The van der Waals surface area contributed by atoms with Gasteiger partial charge in [0.15, 0.2) is 0 Å². The Kier molecular flexibility index (Phi) is 8.90. The summed E-state index contributed by atoms with van der Waals surface area (Å²) in [4.78, 5) is 8.22. The quantitative estimate of drug-likeness (QED) is 0.158. The minimum Gasteiger partial charge on any atom is -0.310 e. The Hall–Kier alpha value is -6.20. The Morgan fingerprint density at radius 2 is 0.868 bits per heavy atom. The molecular weight excluding hydrogens is 681 g/mol. The van der Waals surface area contributed by atoms with Gasteiger partial charge in [0.05, 0.1) is 15.9 Å². The summed E-state index contributed by atoms with van der Waals surface area (Å²) in [5.74, 6) is 0. The van der Waals surface area contributed by atoms with Crippen LogP contribution in [0.25, 0.3) is 65.3 Å². The molecule has 0 N–H and O–H groups in total. The van der Waals surface area contributed by atoms with Gasteiger partial charge in [0.25, 0.3) is 0 Å². The van der Waals surface area contributed by atoms with Gasteiger partial charge in [0.1, 0.15) is 5.01 Å². The van der Waals surface area contributed by atoms with Gasteiger partial charge in [0.2, 0.25) is 0 Å². The van der Waals surface area contributed by atoms with Crippen molar-refractivity contribution in [3.05, 3.63) is 200 Å². The number of thiazole rings is 1. The fourth-order valence-corrected chi connectivity index (χ4v) is 8.33. The third-order valence-electron chi connectivity index (χ3n) is 9.64. The summed E-state index contributed by atoms with van der Waals surface area (Å²) >= 11 is 6.71. The zero-order valence-corrected chi connectivity index (χ0v) is 30.5.